The van der Waals surface area contributed by atoms with Crippen LogP contribution >= 0.6 is 15.9 Å². The first-order chi connectivity index (χ1) is 14.7. The van der Waals surface area contributed by atoms with Crippen LogP contribution in [0, 0.1) is 35.0 Å². The largest absolute Gasteiger partial charge is 0.462 e. The van der Waals surface area contributed by atoms with Gasteiger partial charge in [-0.25, -0.2) is 0 Å². The summed E-state index contributed by atoms with van der Waals surface area (Å²) in [5, 5.41) is 11.3. The Morgan fingerprint density at radius 2 is 1.87 bits per heavy atom. The first kappa shape index (κ1) is 23.5. The summed E-state index contributed by atoms with van der Waals surface area (Å²) in [6.45, 7) is 6.01. The average molecular weight is 499 g/mol. The smallest absolute Gasteiger partial charge is 0.306 e. The van der Waals surface area contributed by atoms with Crippen molar-refractivity contribution in [2.45, 2.75) is 108 Å². The molecular weight excluding hydrogens is 460 g/mol. The number of carbonyl (C=O) groups excluding carboxylic acids is 2. The molecule has 5 nitrogen and oxygen atoms in total. The lowest BCUT2D eigenvalue weighted by Gasteiger charge is -2.60. The van der Waals surface area contributed by atoms with Gasteiger partial charge in [0.15, 0.2) is 0 Å². The fraction of sp³-hybridized carbons (Fsp3) is 0.920. The molecule has 31 heavy (non-hydrogen) atoms. The van der Waals surface area contributed by atoms with Crippen LogP contribution in [0.2, 0.25) is 0 Å². The maximum Gasteiger partial charge on any atom is 0.306 e. The second kappa shape index (κ2) is 9.32. The normalized spacial score (nSPS) is 46.4. The number of ether oxygens (including phenoxy) is 2. The van der Waals surface area contributed by atoms with Crippen molar-refractivity contribution in [3.63, 3.8) is 0 Å². The van der Waals surface area contributed by atoms with Crippen molar-refractivity contribution in [2.75, 3.05) is 0 Å². The maximum atomic E-state index is 12.2. The van der Waals surface area contributed by atoms with Crippen molar-refractivity contribution in [1.82, 2.24) is 0 Å². The van der Waals surface area contributed by atoms with E-state index in [0.29, 0.717) is 30.1 Å². The molecule has 0 aliphatic heterocycles. The number of aliphatic hydroxyl groups is 1. The molecule has 4 fully saturated rings. The Morgan fingerprint density at radius 3 is 2.58 bits per heavy atom. The second-order valence-electron chi connectivity index (χ2n) is 10.9. The third-order valence-electron chi connectivity index (χ3n) is 9.23. The van der Waals surface area contributed by atoms with Gasteiger partial charge >= 0.3 is 11.9 Å². The molecule has 0 aromatic rings. The van der Waals surface area contributed by atoms with E-state index < -0.39 is 0 Å². The van der Waals surface area contributed by atoms with Crippen LogP contribution < -0.4 is 0 Å². The number of fused-ring (bicyclic) bond motifs is 5. The van der Waals surface area contributed by atoms with Gasteiger partial charge in [0.2, 0.25) is 0 Å². The fourth-order valence-corrected chi connectivity index (χ4v) is 8.73. The molecule has 1 N–H and O–H groups in total. The highest BCUT2D eigenvalue weighted by molar-refractivity contribution is 9.09. The van der Waals surface area contributed by atoms with Crippen LogP contribution in [0.15, 0.2) is 0 Å². The summed E-state index contributed by atoms with van der Waals surface area (Å²) in [6, 6.07) is 0. The Bertz CT molecular complexity index is 683. The van der Waals surface area contributed by atoms with Crippen LogP contribution in [-0.2, 0) is 19.1 Å². The zero-order valence-corrected chi connectivity index (χ0v) is 20.8. The van der Waals surface area contributed by atoms with Crippen molar-refractivity contribution < 1.29 is 24.2 Å². The zero-order valence-electron chi connectivity index (χ0n) is 19.2. The maximum absolute atomic E-state index is 12.2. The number of alkyl halides is 1. The Balaban J connectivity index is 1.46. The number of hydrogen-bond acceptors (Lipinski definition) is 5. The summed E-state index contributed by atoms with van der Waals surface area (Å²) in [5.41, 5.74) is 0.197. The summed E-state index contributed by atoms with van der Waals surface area (Å²) in [6.07, 6.45) is 8.86. The number of aliphatic hydroxyl groups excluding tert-OH is 1. The first-order valence-electron chi connectivity index (χ1n) is 12.4. The molecule has 0 aromatic carbocycles. The van der Waals surface area contributed by atoms with E-state index >= 15 is 0 Å². The van der Waals surface area contributed by atoms with E-state index in [1.165, 1.54) is 6.92 Å². The van der Waals surface area contributed by atoms with Gasteiger partial charge in [-0.3, -0.25) is 9.59 Å². The number of halogens is 1. The van der Waals surface area contributed by atoms with Crippen molar-refractivity contribution >= 4 is 27.9 Å². The molecule has 0 saturated heterocycles. The molecule has 0 heterocycles. The number of unbranched alkanes of at least 4 members (excludes halogenated alkanes) is 1. The van der Waals surface area contributed by atoms with Crippen LogP contribution in [0.3, 0.4) is 0 Å². The minimum atomic E-state index is -0.318. The van der Waals surface area contributed by atoms with Crippen LogP contribution in [0.5, 0.6) is 0 Å². The summed E-state index contributed by atoms with van der Waals surface area (Å²) in [4.78, 5) is 24.0. The Labute approximate surface area is 195 Å². The number of esters is 2. The van der Waals surface area contributed by atoms with Gasteiger partial charge in [-0.2, -0.15) is 0 Å². The van der Waals surface area contributed by atoms with E-state index in [4.69, 9.17) is 9.47 Å². The predicted molar refractivity (Wildman–Crippen MR) is 122 cm³/mol. The highest BCUT2D eigenvalue weighted by atomic mass is 79.9. The molecule has 0 aromatic heterocycles. The van der Waals surface area contributed by atoms with Crippen LogP contribution in [0.4, 0.5) is 0 Å². The molecule has 10 atom stereocenters. The second-order valence-corrected chi connectivity index (χ2v) is 12.1. The highest BCUT2D eigenvalue weighted by Crippen LogP contribution is 2.64. The Morgan fingerprint density at radius 1 is 1.10 bits per heavy atom. The van der Waals surface area contributed by atoms with Crippen LogP contribution in [0.25, 0.3) is 0 Å². The van der Waals surface area contributed by atoms with Gasteiger partial charge in [0.05, 0.1) is 10.9 Å². The quantitative estimate of drug-likeness (QED) is 0.425. The molecule has 4 rings (SSSR count). The van der Waals surface area contributed by atoms with E-state index in [2.05, 4.69) is 29.8 Å². The van der Waals surface area contributed by atoms with E-state index in [0.717, 1.165) is 57.8 Å². The molecule has 0 spiro atoms. The summed E-state index contributed by atoms with van der Waals surface area (Å²) in [7, 11) is 0. The van der Waals surface area contributed by atoms with Gasteiger partial charge in [0, 0.05) is 19.3 Å². The highest BCUT2D eigenvalue weighted by Gasteiger charge is 2.61. The fourth-order valence-electron chi connectivity index (χ4n) is 7.80. The zero-order chi connectivity index (χ0) is 22.3. The lowest BCUT2D eigenvalue weighted by molar-refractivity contribution is -0.176. The van der Waals surface area contributed by atoms with E-state index in [1.807, 2.05) is 0 Å². The molecule has 0 amide bonds. The van der Waals surface area contributed by atoms with Gasteiger partial charge in [-0.15, -0.1) is 0 Å². The SMILES string of the molecule is CCCCC(=O)O[C@H]1CC[C@@]2(C)C(C1)C[C@H](O)C1C3C[C@@H](Br)[C@H](OC(C)=O)[C@H]3CCC12. The first-order valence-corrected chi connectivity index (χ1v) is 13.3. The molecule has 4 unspecified atom stereocenters. The van der Waals surface area contributed by atoms with E-state index in [9.17, 15) is 14.7 Å². The minimum Gasteiger partial charge on any atom is -0.462 e. The topological polar surface area (TPSA) is 72.8 Å². The molecule has 176 valence electrons. The lowest BCUT2D eigenvalue weighted by atomic mass is 9.46. The van der Waals surface area contributed by atoms with Crippen LogP contribution in [0.1, 0.15) is 85.0 Å². The van der Waals surface area contributed by atoms with Crippen molar-refractivity contribution in [3.05, 3.63) is 0 Å². The van der Waals surface area contributed by atoms with Gasteiger partial charge in [-0.1, -0.05) is 36.2 Å². The molecule has 4 aliphatic rings. The predicted octanol–water partition coefficient (Wildman–Crippen LogP) is 5.02. The molecule has 4 saturated carbocycles. The average Bonchev–Trinajstić information content (AvgIpc) is 3.02. The third kappa shape index (κ3) is 4.45. The standard InChI is InChI=1S/C25H39BrO5/c1-4-5-6-22(29)31-16-9-10-25(3)15(11-16)12-21(28)23-18-13-20(26)24(30-14(2)27)17(18)7-8-19(23)25/h15-21,23-24,28H,4-13H2,1-3H3/t15?,16-,17-,18?,19?,20+,21-,23?,24+,25-/m0/s1. The third-order valence-corrected chi connectivity index (χ3v) is 10.1. The van der Waals surface area contributed by atoms with Gasteiger partial charge in [0.1, 0.15) is 12.2 Å². The minimum absolute atomic E-state index is 0.00858. The molecular formula is C25H39BrO5. The van der Waals surface area contributed by atoms with Crippen molar-refractivity contribution in [3.8, 4) is 0 Å². The van der Waals surface area contributed by atoms with Crippen molar-refractivity contribution in [2.24, 2.45) is 35.0 Å². The number of hydrogen-bond donors (Lipinski definition) is 1. The Hall–Kier alpha value is -0.620. The van der Waals surface area contributed by atoms with Gasteiger partial charge < -0.3 is 14.6 Å². The van der Waals surface area contributed by atoms with E-state index in [1.54, 1.807) is 0 Å². The number of rotatable bonds is 5. The van der Waals surface area contributed by atoms with Gasteiger partial charge in [-0.05, 0) is 80.5 Å². The lowest BCUT2D eigenvalue weighted by Crippen LogP contribution is -2.57. The summed E-state index contributed by atoms with van der Waals surface area (Å²) < 4.78 is 11.5. The molecule has 0 bridgehead atoms. The monoisotopic (exact) mass is 498 g/mol. The van der Waals surface area contributed by atoms with Gasteiger partial charge in [0.25, 0.3) is 0 Å². The van der Waals surface area contributed by atoms with Crippen molar-refractivity contribution in [1.29, 1.82) is 0 Å². The Kier molecular flexibility index (Phi) is 7.08. The molecule has 6 heteroatoms. The number of carbonyl (C=O) groups is 2. The van der Waals surface area contributed by atoms with E-state index in [-0.39, 0.29) is 46.4 Å². The molecule has 4 aliphatic carbocycles. The summed E-state index contributed by atoms with van der Waals surface area (Å²) >= 11 is 3.78. The molecule has 0 radical (unpaired) electrons. The van der Waals surface area contributed by atoms with Crippen LogP contribution in [-0.4, -0.2) is 40.2 Å². The summed E-state index contributed by atoms with van der Waals surface area (Å²) in [5.74, 6) is 1.67.